The number of rotatable bonds is 4. The van der Waals surface area contributed by atoms with Crippen LogP contribution >= 0.6 is 0 Å². The molecular weight excluding hydrogens is 388 g/mol. The van der Waals surface area contributed by atoms with Gasteiger partial charge in [-0.25, -0.2) is 8.42 Å². The van der Waals surface area contributed by atoms with Crippen LogP contribution in [0.5, 0.6) is 0 Å². The summed E-state index contributed by atoms with van der Waals surface area (Å²) >= 11 is 0. The van der Waals surface area contributed by atoms with Crippen molar-refractivity contribution in [2.45, 2.75) is 69.7 Å². The van der Waals surface area contributed by atoms with Crippen LogP contribution in [0.3, 0.4) is 0 Å². The highest BCUT2D eigenvalue weighted by Gasteiger charge is 2.47. The van der Waals surface area contributed by atoms with Gasteiger partial charge in [0.1, 0.15) is 0 Å². The highest BCUT2D eigenvalue weighted by molar-refractivity contribution is 7.89. The van der Waals surface area contributed by atoms with E-state index in [0.717, 1.165) is 51.4 Å². The molecule has 0 bridgehead atoms. The lowest BCUT2D eigenvalue weighted by Gasteiger charge is -2.22. The van der Waals surface area contributed by atoms with Gasteiger partial charge in [-0.15, -0.1) is 0 Å². The number of sulfonamides is 1. The van der Waals surface area contributed by atoms with E-state index in [2.05, 4.69) is 0 Å². The molecule has 2 aliphatic heterocycles. The Labute approximate surface area is 173 Å². The topological polar surface area (TPSA) is 74.8 Å². The van der Waals surface area contributed by atoms with Gasteiger partial charge in [0.2, 0.25) is 21.8 Å². The number of carbonyl (C=O) groups is 2. The Hall–Kier alpha value is -1.73. The number of imide groups is 1. The predicted octanol–water partition coefficient (Wildman–Crippen LogP) is 3.23. The summed E-state index contributed by atoms with van der Waals surface area (Å²) in [7, 11) is -3.58. The highest BCUT2D eigenvalue weighted by Crippen LogP contribution is 2.38. The predicted molar refractivity (Wildman–Crippen MR) is 109 cm³/mol. The Morgan fingerprint density at radius 3 is 2.07 bits per heavy atom. The van der Waals surface area contributed by atoms with Crippen LogP contribution in [-0.4, -0.2) is 42.5 Å². The number of amides is 2. The van der Waals surface area contributed by atoms with Crippen LogP contribution in [0.1, 0.15) is 62.5 Å². The largest absolute Gasteiger partial charge is 0.278 e. The molecule has 7 heteroatoms. The number of hydrogen-bond acceptors (Lipinski definition) is 4. The van der Waals surface area contributed by atoms with E-state index >= 15 is 0 Å². The molecule has 158 valence electrons. The Bertz CT molecular complexity index is 879. The Morgan fingerprint density at radius 1 is 0.897 bits per heavy atom. The van der Waals surface area contributed by atoms with E-state index in [9.17, 15) is 18.0 Å². The van der Waals surface area contributed by atoms with E-state index < -0.39 is 10.0 Å². The van der Waals surface area contributed by atoms with E-state index in [-0.39, 0.29) is 30.2 Å². The third-order valence-electron chi connectivity index (χ3n) is 6.71. The summed E-state index contributed by atoms with van der Waals surface area (Å²) in [4.78, 5) is 27.2. The summed E-state index contributed by atoms with van der Waals surface area (Å²) in [6, 6.07) is 5.29. The van der Waals surface area contributed by atoms with Gasteiger partial charge in [-0.1, -0.05) is 37.8 Å². The van der Waals surface area contributed by atoms with Crippen molar-refractivity contribution in [3.8, 4) is 0 Å². The summed E-state index contributed by atoms with van der Waals surface area (Å²) in [6.45, 7) is 3.07. The lowest BCUT2D eigenvalue weighted by molar-refractivity contribution is -0.140. The molecule has 2 unspecified atom stereocenters. The molecule has 0 spiro atoms. The molecule has 1 aromatic carbocycles. The van der Waals surface area contributed by atoms with Gasteiger partial charge in [-0.3, -0.25) is 14.5 Å². The van der Waals surface area contributed by atoms with Crippen molar-refractivity contribution in [1.29, 1.82) is 0 Å². The number of likely N-dealkylation sites (tertiary alicyclic amines) is 1. The fraction of sp³-hybridized carbons (Fsp3) is 0.636. The number of benzene rings is 1. The lowest BCUT2D eigenvalue weighted by atomic mass is 9.81. The third-order valence-corrected chi connectivity index (χ3v) is 8.75. The van der Waals surface area contributed by atoms with Gasteiger partial charge in [0, 0.05) is 13.1 Å². The van der Waals surface area contributed by atoms with Crippen LogP contribution < -0.4 is 0 Å². The van der Waals surface area contributed by atoms with Gasteiger partial charge < -0.3 is 0 Å². The molecule has 3 aliphatic rings. The first-order valence-electron chi connectivity index (χ1n) is 10.8. The van der Waals surface area contributed by atoms with Crippen molar-refractivity contribution >= 4 is 21.8 Å². The molecule has 2 heterocycles. The second-order valence-electron chi connectivity index (χ2n) is 8.68. The molecule has 1 saturated carbocycles. The van der Waals surface area contributed by atoms with Gasteiger partial charge in [0.25, 0.3) is 0 Å². The molecule has 1 aliphatic carbocycles. The first kappa shape index (κ1) is 20.5. The minimum Gasteiger partial charge on any atom is -0.278 e. The summed E-state index contributed by atoms with van der Waals surface area (Å²) in [5.41, 5.74) is 1.40. The summed E-state index contributed by atoms with van der Waals surface area (Å²) < 4.78 is 28.1. The number of carbonyl (C=O) groups excluding carboxylic acids is 2. The fourth-order valence-electron chi connectivity index (χ4n) is 5.01. The summed E-state index contributed by atoms with van der Waals surface area (Å²) in [5, 5.41) is 0. The third kappa shape index (κ3) is 3.87. The Balaban J connectivity index is 1.59. The molecule has 0 aromatic heterocycles. The first-order valence-corrected chi connectivity index (χ1v) is 12.3. The van der Waals surface area contributed by atoms with Crippen molar-refractivity contribution in [3.05, 3.63) is 29.3 Å². The van der Waals surface area contributed by atoms with E-state index in [0.29, 0.717) is 29.1 Å². The van der Waals surface area contributed by atoms with Gasteiger partial charge in [-0.2, -0.15) is 4.31 Å². The second-order valence-corrected chi connectivity index (χ2v) is 10.6. The molecule has 2 atom stereocenters. The average Bonchev–Trinajstić information content (AvgIpc) is 2.92. The van der Waals surface area contributed by atoms with Crippen molar-refractivity contribution < 1.29 is 18.0 Å². The molecule has 3 fully saturated rings. The molecule has 0 radical (unpaired) electrons. The normalized spacial score (nSPS) is 26.4. The van der Waals surface area contributed by atoms with Gasteiger partial charge in [0.15, 0.2) is 0 Å². The van der Waals surface area contributed by atoms with Gasteiger partial charge in [0.05, 0.1) is 23.3 Å². The maximum atomic E-state index is 13.3. The molecule has 6 nitrogen and oxygen atoms in total. The highest BCUT2D eigenvalue weighted by atomic mass is 32.2. The molecule has 2 saturated heterocycles. The molecule has 0 N–H and O–H groups in total. The van der Waals surface area contributed by atoms with Crippen LogP contribution in [0.15, 0.2) is 23.1 Å². The first-order chi connectivity index (χ1) is 13.9. The zero-order valence-electron chi connectivity index (χ0n) is 17.1. The van der Waals surface area contributed by atoms with Crippen LogP contribution in [-0.2, 0) is 26.2 Å². The summed E-state index contributed by atoms with van der Waals surface area (Å²) in [5.74, 6) is -0.529. The number of fused-ring (bicyclic) bond motifs is 1. The molecule has 29 heavy (non-hydrogen) atoms. The number of aryl methyl sites for hydroxylation is 1. The minimum atomic E-state index is -3.58. The monoisotopic (exact) mass is 418 g/mol. The molecular formula is C22H30N2O4S. The average molecular weight is 419 g/mol. The van der Waals surface area contributed by atoms with E-state index in [1.807, 2.05) is 6.07 Å². The van der Waals surface area contributed by atoms with Crippen molar-refractivity contribution in [2.75, 3.05) is 13.1 Å². The van der Waals surface area contributed by atoms with Crippen LogP contribution in [0.2, 0.25) is 0 Å². The van der Waals surface area contributed by atoms with E-state index in [4.69, 9.17) is 0 Å². The summed E-state index contributed by atoms with van der Waals surface area (Å²) in [6.07, 6.45) is 7.46. The van der Waals surface area contributed by atoms with Crippen LogP contribution in [0.25, 0.3) is 0 Å². The molecule has 1 aromatic rings. The quantitative estimate of drug-likeness (QED) is 0.704. The standard InChI is InChI=1S/C22H30N2O4S/c1-16-10-11-17(14-20(16)29(27,28)23-12-6-2-3-7-13-23)15-24-21(25)18-8-4-5-9-19(18)22(24)26/h10-11,14,18-19H,2-9,12-13,15H2,1H3. The molecule has 2 amide bonds. The van der Waals surface area contributed by atoms with Crippen LogP contribution in [0, 0.1) is 18.8 Å². The number of nitrogens with zero attached hydrogens (tertiary/aromatic N) is 2. The Kier molecular flexibility index (Phi) is 5.80. The molecule has 4 rings (SSSR count). The van der Waals surface area contributed by atoms with Gasteiger partial charge >= 0.3 is 0 Å². The van der Waals surface area contributed by atoms with E-state index in [1.165, 1.54) is 4.90 Å². The van der Waals surface area contributed by atoms with Gasteiger partial charge in [-0.05, 0) is 49.8 Å². The smallest absolute Gasteiger partial charge is 0.243 e. The van der Waals surface area contributed by atoms with Crippen molar-refractivity contribution in [1.82, 2.24) is 9.21 Å². The fourth-order valence-corrected chi connectivity index (χ4v) is 6.80. The number of hydrogen-bond donors (Lipinski definition) is 0. The maximum Gasteiger partial charge on any atom is 0.243 e. The maximum absolute atomic E-state index is 13.3. The minimum absolute atomic E-state index is 0.0859. The lowest BCUT2D eigenvalue weighted by Crippen LogP contribution is -2.33. The van der Waals surface area contributed by atoms with Crippen molar-refractivity contribution in [2.24, 2.45) is 11.8 Å². The zero-order valence-corrected chi connectivity index (χ0v) is 17.9. The Morgan fingerprint density at radius 2 is 1.48 bits per heavy atom. The van der Waals surface area contributed by atoms with Crippen LogP contribution in [0.4, 0.5) is 0 Å². The van der Waals surface area contributed by atoms with E-state index in [1.54, 1.807) is 23.4 Å². The zero-order chi connectivity index (χ0) is 20.6. The second kappa shape index (κ2) is 8.19. The van der Waals surface area contributed by atoms with Crippen molar-refractivity contribution in [3.63, 3.8) is 0 Å². The SMILES string of the molecule is Cc1ccc(CN2C(=O)C3CCCCC3C2=O)cc1S(=O)(=O)N1CCCCCC1.